The number of methoxy groups -OCH3 is 1. The van der Waals surface area contributed by atoms with Crippen molar-refractivity contribution in [1.82, 2.24) is 9.88 Å². The van der Waals surface area contributed by atoms with Crippen molar-refractivity contribution in [2.45, 2.75) is 18.8 Å². The van der Waals surface area contributed by atoms with Gasteiger partial charge in [-0.3, -0.25) is 4.79 Å². The van der Waals surface area contributed by atoms with E-state index in [0.29, 0.717) is 23.6 Å². The minimum atomic E-state index is -0.0607. The maximum Gasteiger partial charge on any atom is 0.260 e. The van der Waals surface area contributed by atoms with Crippen LogP contribution in [0, 0.1) is 11.3 Å². The van der Waals surface area contributed by atoms with Crippen LogP contribution in [-0.4, -0.2) is 42.6 Å². The van der Waals surface area contributed by atoms with Crippen LogP contribution in [-0.2, 0) is 4.79 Å². The number of fused-ring (bicyclic) bond motifs is 1. The van der Waals surface area contributed by atoms with E-state index in [0.717, 1.165) is 29.9 Å². The summed E-state index contributed by atoms with van der Waals surface area (Å²) in [5.74, 6) is 1.11. The Balaban J connectivity index is 1.41. The molecule has 1 atom stereocenters. The maximum absolute atomic E-state index is 12.7. The number of aromatic nitrogens is 1. The average Bonchev–Trinajstić information content (AvgIpc) is 3.22. The predicted molar refractivity (Wildman–Crippen MR) is 111 cm³/mol. The zero-order chi connectivity index (χ0) is 20.2. The number of benzene rings is 2. The fraction of sp³-hybridized carbons (Fsp3) is 0.318. The van der Waals surface area contributed by atoms with Gasteiger partial charge in [0.15, 0.2) is 18.1 Å². The summed E-state index contributed by atoms with van der Waals surface area (Å²) in [6.07, 6.45) is 1.99. The van der Waals surface area contributed by atoms with E-state index in [9.17, 15) is 4.79 Å². The molecule has 0 N–H and O–H groups in total. The van der Waals surface area contributed by atoms with Gasteiger partial charge in [-0.05, 0) is 37.1 Å². The molecule has 29 heavy (non-hydrogen) atoms. The first-order chi connectivity index (χ1) is 14.2. The van der Waals surface area contributed by atoms with Gasteiger partial charge >= 0.3 is 0 Å². The number of nitriles is 1. The van der Waals surface area contributed by atoms with E-state index in [1.54, 1.807) is 29.5 Å². The molecule has 7 heteroatoms. The lowest BCUT2D eigenvalue weighted by Gasteiger charge is -2.31. The highest BCUT2D eigenvalue weighted by molar-refractivity contribution is 7.18. The van der Waals surface area contributed by atoms with E-state index in [1.165, 1.54) is 11.8 Å². The molecular formula is C22H21N3O3S. The number of carbonyl (C=O) groups excluding carboxylic acids is 1. The van der Waals surface area contributed by atoms with Gasteiger partial charge in [0.1, 0.15) is 0 Å². The van der Waals surface area contributed by atoms with E-state index in [2.05, 4.69) is 12.1 Å². The van der Waals surface area contributed by atoms with Crippen LogP contribution in [0.2, 0.25) is 0 Å². The summed E-state index contributed by atoms with van der Waals surface area (Å²) in [4.78, 5) is 19.4. The number of rotatable bonds is 5. The van der Waals surface area contributed by atoms with Crippen LogP contribution in [0.25, 0.3) is 10.2 Å². The number of para-hydroxylation sites is 1. The van der Waals surface area contributed by atoms with E-state index in [-0.39, 0.29) is 18.4 Å². The number of carbonyl (C=O) groups is 1. The van der Waals surface area contributed by atoms with Gasteiger partial charge in [-0.2, -0.15) is 5.26 Å². The first kappa shape index (κ1) is 19.2. The molecule has 1 amide bonds. The smallest absolute Gasteiger partial charge is 0.260 e. The molecule has 0 saturated carbocycles. The number of hydrogen-bond acceptors (Lipinski definition) is 6. The molecule has 0 radical (unpaired) electrons. The number of thiazole rings is 1. The first-order valence-corrected chi connectivity index (χ1v) is 10.3. The molecule has 2 aromatic carbocycles. The second-order valence-corrected chi connectivity index (χ2v) is 8.03. The lowest BCUT2D eigenvalue weighted by atomic mass is 9.99. The summed E-state index contributed by atoms with van der Waals surface area (Å²) in [7, 11) is 1.51. The Hall–Kier alpha value is -3.11. The highest BCUT2D eigenvalue weighted by Crippen LogP contribution is 2.33. The van der Waals surface area contributed by atoms with Crippen molar-refractivity contribution >= 4 is 27.5 Å². The summed E-state index contributed by atoms with van der Waals surface area (Å²) in [5, 5.41) is 10.1. The monoisotopic (exact) mass is 407 g/mol. The quantitative estimate of drug-likeness (QED) is 0.640. The van der Waals surface area contributed by atoms with Crippen molar-refractivity contribution in [1.29, 1.82) is 5.26 Å². The van der Waals surface area contributed by atoms with E-state index in [4.69, 9.17) is 19.7 Å². The molecule has 1 saturated heterocycles. The molecule has 3 aromatic rings. The van der Waals surface area contributed by atoms with Crippen LogP contribution < -0.4 is 9.47 Å². The Morgan fingerprint density at radius 3 is 2.97 bits per heavy atom. The average molecular weight is 407 g/mol. The number of ether oxygens (including phenoxy) is 2. The third-order valence-electron chi connectivity index (χ3n) is 5.08. The van der Waals surface area contributed by atoms with Crippen molar-refractivity contribution in [3.63, 3.8) is 0 Å². The molecule has 1 aliphatic rings. The highest BCUT2D eigenvalue weighted by atomic mass is 32.1. The second kappa shape index (κ2) is 8.50. The summed E-state index contributed by atoms with van der Waals surface area (Å²) in [6.45, 7) is 1.33. The SMILES string of the molecule is COc1cc(C#N)ccc1OCC(=O)N1CCC[C@H](c2nc3ccccc3s2)C1. The number of nitrogens with zero attached hydrogens (tertiary/aromatic N) is 3. The standard InChI is InChI=1S/C22H21N3O3S/c1-27-19-11-15(12-23)8-9-18(19)28-14-21(26)25-10-4-5-16(13-25)22-24-17-6-2-3-7-20(17)29-22/h2-3,6-9,11,16H,4-5,10,13-14H2,1H3/t16-/m0/s1. The van der Waals surface area contributed by atoms with Crippen LogP contribution in [0.15, 0.2) is 42.5 Å². The molecular weight excluding hydrogens is 386 g/mol. The number of hydrogen-bond donors (Lipinski definition) is 0. The molecule has 1 aromatic heterocycles. The van der Waals surface area contributed by atoms with Crippen molar-refractivity contribution in [3.8, 4) is 17.6 Å². The third kappa shape index (κ3) is 4.17. The molecule has 0 unspecified atom stereocenters. The number of piperidine rings is 1. The molecule has 0 aliphatic carbocycles. The zero-order valence-corrected chi connectivity index (χ0v) is 16.9. The molecule has 1 fully saturated rings. The Kier molecular flexibility index (Phi) is 5.63. The van der Waals surface area contributed by atoms with Gasteiger partial charge in [0.05, 0.1) is 34.0 Å². The molecule has 6 nitrogen and oxygen atoms in total. The molecule has 1 aliphatic heterocycles. The lowest BCUT2D eigenvalue weighted by Crippen LogP contribution is -2.41. The fourth-order valence-electron chi connectivity index (χ4n) is 3.56. The van der Waals surface area contributed by atoms with Crippen molar-refractivity contribution in [3.05, 3.63) is 53.0 Å². The second-order valence-electron chi connectivity index (χ2n) is 6.96. The normalized spacial score (nSPS) is 16.4. The zero-order valence-electron chi connectivity index (χ0n) is 16.1. The summed E-state index contributed by atoms with van der Waals surface area (Å²) >= 11 is 1.71. The van der Waals surface area contributed by atoms with Gasteiger partial charge in [-0.1, -0.05) is 12.1 Å². The van der Waals surface area contributed by atoms with Crippen molar-refractivity contribution < 1.29 is 14.3 Å². The van der Waals surface area contributed by atoms with Crippen molar-refractivity contribution in [2.24, 2.45) is 0 Å². The highest BCUT2D eigenvalue weighted by Gasteiger charge is 2.27. The van der Waals surface area contributed by atoms with Gasteiger partial charge in [-0.25, -0.2) is 4.98 Å². The fourth-order valence-corrected chi connectivity index (χ4v) is 4.65. The van der Waals surface area contributed by atoms with Gasteiger partial charge in [0, 0.05) is 25.1 Å². The van der Waals surface area contributed by atoms with E-state index >= 15 is 0 Å². The van der Waals surface area contributed by atoms with Crippen LogP contribution in [0.4, 0.5) is 0 Å². The predicted octanol–water partition coefficient (Wildman–Crippen LogP) is 3.96. The first-order valence-electron chi connectivity index (χ1n) is 9.52. The van der Waals surface area contributed by atoms with Crippen LogP contribution in [0.1, 0.15) is 29.3 Å². The Morgan fingerprint density at radius 2 is 2.17 bits per heavy atom. The Bertz CT molecular complexity index is 1040. The molecule has 148 valence electrons. The van der Waals surface area contributed by atoms with Gasteiger partial charge < -0.3 is 14.4 Å². The summed E-state index contributed by atoms with van der Waals surface area (Å²) < 4.78 is 12.1. The Labute approximate surface area is 173 Å². The van der Waals surface area contributed by atoms with Gasteiger partial charge in [0.25, 0.3) is 5.91 Å². The van der Waals surface area contributed by atoms with Crippen LogP contribution in [0.5, 0.6) is 11.5 Å². The topological polar surface area (TPSA) is 75.5 Å². The minimum absolute atomic E-state index is 0.0535. The molecule has 2 heterocycles. The van der Waals surface area contributed by atoms with Gasteiger partial charge in [-0.15, -0.1) is 11.3 Å². The minimum Gasteiger partial charge on any atom is -0.493 e. The molecule has 0 bridgehead atoms. The van der Waals surface area contributed by atoms with E-state index < -0.39 is 0 Å². The maximum atomic E-state index is 12.7. The van der Waals surface area contributed by atoms with Crippen LogP contribution in [0.3, 0.4) is 0 Å². The van der Waals surface area contributed by atoms with E-state index in [1.807, 2.05) is 23.1 Å². The summed E-state index contributed by atoms with van der Waals surface area (Å²) in [5.41, 5.74) is 1.50. The van der Waals surface area contributed by atoms with Crippen LogP contribution >= 0.6 is 11.3 Å². The number of amides is 1. The molecule has 4 rings (SSSR count). The molecule has 0 spiro atoms. The third-order valence-corrected chi connectivity index (χ3v) is 6.28. The lowest BCUT2D eigenvalue weighted by molar-refractivity contribution is -0.134. The Morgan fingerprint density at radius 1 is 1.31 bits per heavy atom. The number of likely N-dealkylation sites (tertiary alicyclic amines) is 1. The van der Waals surface area contributed by atoms with Crippen molar-refractivity contribution in [2.75, 3.05) is 26.8 Å². The van der Waals surface area contributed by atoms with Gasteiger partial charge in [0.2, 0.25) is 0 Å². The summed E-state index contributed by atoms with van der Waals surface area (Å²) in [6, 6.07) is 15.1. The largest absolute Gasteiger partial charge is 0.493 e.